The highest BCUT2D eigenvalue weighted by Crippen LogP contribution is 2.17. The van der Waals surface area contributed by atoms with Gasteiger partial charge in [-0.25, -0.2) is 0 Å². The molecule has 0 heterocycles. The quantitative estimate of drug-likeness (QED) is 0.169. The minimum Gasteiger partial charge on any atom is -0.379 e. The van der Waals surface area contributed by atoms with Gasteiger partial charge in [-0.1, -0.05) is 41.0 Å². The Labute approximate surface area is 210 Å². The molecule has 2 N–H and O–H groups in total. The molecule has 0 radical (unpaired) electrons. The largest absolute Gasteiger partial charge is 0.379 e. The zero-order chi connectivity index (χ0) is 25.3. The highest BCUT2D eigenvalue weighted by atomic mass is 16.6. The van der Waals surface area contributed by atoms with E-state index in [9.17, 15) is 0 Å². The van der Waals surface area contributed by atoms with Crippen LogP contribution in [0.1, 0.15) is 66.7 Å². The first-order valence-corrected chi connectivity index (χ1v) is 13.7. The van der Waals surface area contributed by atoms with Gasteiger partial charge in [-0.2, -0.15) is 0 Å². The van der Waals surface area contributed by atoms with Gasteiger partial charge < -0.3 is 34.2 Å². The van der Waals surface area contributed by atoms with E-state index in [0.29, 0.717) is 83.8 Å². The van der Waals surface area contributed by atoms with Crippen molar-refractivity contribution in [1.29, 1.82) is 0 Å². The van der Waals surface area contributed by atoms with E-state index in [1.165, 1.54) is 19.3 Å². The summed E-state index contributed by atoms with van der Waals surface area (Å²) >= 11 is 0. The Morgan fingerprint density at radius 3 is 1.29 bits per heavy atom. The van der Waals surface area contributed by atoms with Crippen LogP contribution >= 0.6 is 0 Å². The fourth-order valence-electron chi connectivity index (χ4n) is 3.80. The van der Waals surface area contributed by atoms with Crippen LogP contribution in [0.4, 0.5) is 0 Å². The van der Waals surface area contributed by atoms with E-state index in [4.69, 9.17) is 34.2 Å². The molecule has 0 rings (SSSR count). The van der Waals surface area contributed by atoms with Gasteiger partial charge >= 0.3 is 0 Å². The van der Waals surface area contributed by atoms with Gasteiger partial charge in [-0.05, 0) is 55.9 Å². The minimum absolute atomic E-state index is 0.567. The molecule has 0 saturated carbocycles. The molecule has 34 heavy (non-hydrogen) atoms. The molecule has 7 heteroatoms. The van der Waals surface area contributed by atoms with Gasteiger partial charge in [0.05, 0.1) is 66.1 Å². The molecule has 0 aliphatic carbocycles. The SMILES string of the molecule is CCC(C)CC(C)COCCOCCOCCOCCOCCOCCC(C)CC(C)CCN. The summed E-state index contributed by atoms with van der Waals surface area (Å²) in [5.41, 5.74) is 5.61. The normalized spacial score (nSPS) is 15.4. The highest BCUT2D eigenvalue weighted by Gasteiger charge is 2.08. The average Bonchev–Trinajstić information content (AvgIpc) is 2.80. The number of ether oxygens (including phenoxy) is 6. The molecule has 0 aromatic heterocycles. The lowest BCUT2D eigenvalue weighted by atomic mass is 9.93. The van der Waals surface area contributed by atoms with Crippen LogP contribution in [0.2, 0.25) is 0 Å². The summed E-state index contributed by atoms with van der Waals surface area (Å²) in [7, 11) is 0. The number of nitrogens with two attached hydrogens (primary N) is 1. The zero-order valence-corrected chi connectivity index (χ0v) is 23.1. The summed E-state index contributed by atoms with van der Waals surface area (Å²) < 4.78 is 33.4. The Morgan fingerprint density at radius 2 is 0.853 bits per heavy atom. The second kappa shape index (κ2) is 25.8. The van der Waals surface area contributed by atoms with Crippen molar-refractivity contribution in [2.24, 2.45) is 29.4 Å². The molecule has 0 aromatic carbocycles. The van der Waals surface area contributed by atoms with Gasteiger partial charge in [-0.3, -0.25) is 0 Å². The molecule has 0 saturated heterocycles. The van der Waals surface area contributed by atoms with Crippen LogP contribution in [-0.2, 0) is 28.4 Å². The fraction of sp³-hybridized carbons (Fsp3) is 1.00. The van der Waals surface area contributed by atoms with E-state index in [-0.39, 0.29) is 0 Å². The molecule has 0 aromatic rings. The summed E-state index contributed by atoms with van der Waals surface area (Å²) in [6, 6.07) is 0. The molecule has 4 atom stereocenters. The third-order valence-corrected chi connectivity index (χ3v) is 5.98. The molecule has 4 unspecified atom stereocenters. The molecule has 0 aliphatic heterocycles. The Kier molecular flexibility index (Phi) is 25.6. The summed E-state index contributed by atoms with van der Waals surface area (Å²) in [5.74, 6) is 2.76. The first-order valence-electron chi connectivity index (χ1n) is 13.7. The smallest absolute Gasteiger partial charge is 0.0701 e. The van der Waals surface area contributed by atoms with Crippen LogP contribution < -0.4 is 5.73 Å². The monoisotopic (exact) mass is 491 g/mol. The van der Waals surface area contributed by atoms with Gasteiger partial charge in [0.1, 0.15) is 0 Å². The summed E-state index contributed by atoms with van der Waals surface area (Å²) in [5, 5.41) is 0. The van der Waals surface area contributed by atoms with Crippen LogP contribution in [0.15, 0.2) is 0 Å². The molecule has 0 spiro atoms. The van der Waals surface area contributed by atoms with Crippen molar-refractivity contribution in [3.8, 4) is 0 Å². The van der Waals surface area contributed by atoms with Crippen molar-refractivity contribution in [3.63, 3.8) is 0 Å². The average molecular weight is 492 g/mol. The molecular weight excluding hydrogens is 434 g/mol. The standard InChI is InChI=1S/C27H57NO6/c1-6-24(2)21-27(5)23-34-20-19-33-18-17-32-16-15-31-14-13-30-12-11-29-10-8-26(4)22-25(3)7-9-28/h24-27H,6-23,28H2,1-5H3. The molecule has 0 fully saturated rings. The topological polar surface area (TPSA) is 81.4 Å². The van der Waals surface area contributed by atoms with E-state index < -0.39 is 0 Å². The van der Waals surface area contributed by atoms with Crippen molar-refractivity contribution >= 4 is 0 Å². The first kappa shape index (κ1) is 33.7. The summed E-state index contributed by atoms with van der Waals surface area (Å²) in [4.78, 5) is 0. The van der Waals surface area contributed by atoms with Crippen LogP contribution in [0, 0.1) is 23.7 Å². The highest BCUT2D eigenvalue weighted by molar-refractivity contribution is 4.60. The third-order valence-electron chi connectivity index (χ3n) is 5.98. The lowest BCUT2D eigenvalue weighted by molar-refractivity contribution is -0.0188. The lowest BCUT2D eigenvalue weighted by Crippen LogP contribution is -2.15. The maximum atomic E-state index is 5.68. The van der Waals surface area contributed by atoms with Crippen molar-refractivity contribution in [3.05, 3.63) is 0 Å². The second-order valence-electron chi connectivity index (χ2n) is 9.80. The van der Waals surface area contributed by atoms with Crippen LogP contribution in [0.25, 0.3) is 0 Å². The van der Waals surface area contributed by atoms with Gasteiger partial charge in [0.25, 0.3) is 0 Å². The van der Waals surface area contributed by atoms with Gasteiger partial charge in [0.15, 0.2) is 0 Å². The van der Waals surface area contributed by atoms with Gasteiger partial charge in [0, 0.05) is 13.2 Å². The first-order chi connectivity index (χ1) is 16.5. The van der Waals surface area contributed by atoms with Crippen molar-refractivity contribution < 1.29 is 28.4 Å². The fourth-order valence-corrected chi connectivity index (χ4v) is 3.80. The molecule has 206 valence electrons. The summed E-state index contributed by atoms with van der Waals surface area (Å²) in [6.45, 7) is 19.7. The summed E-state index contributed by atoms with van der Waals surface area (Å²) in [6.07, 6.45) is 5.88. The zero-order valence-electron chi connectivity index (χ0n) is 23.1. The van der Waals surface area contributed by atoms with Crippen molar-refractivity contribution in [1.82, 2.24) is 0 Å². The van der Waals surface area contributed by atoms with Gasteiger partial charge in [-0.15, -0.1) is 0 Å². The van der Waals surface area contributed by atoms with Crippen LogP contribution in [0.5, 0.6) is 0 Å². The number of hydrogen-bond donors (Lipinski definition) is 1. The molecule has 0 aliphatic rings. The molecule has 7 nitrogen and oxygen atoms in total. The Bertz CT molecular complexity index is 401. The van der Waals surface area contributed by atoms with E-state index in [2.05, 4.69) is 34.6 Å². The Morgan fingerprint density at radius 1 is 0.471 bits per heavy atom. The van der Waals surface area contributed by atoms with Crippen molar-refractivity contribution in [2.75, 3.05) is 85.8 Å². The predicted octanol–water partition coefficient (Wildman–Crippen LogP) is 4.56. The maximum absolute atomic E-state index is 5.68. The lowest BCUT2D eigenvalue weighted by Gasteiger charge is -2.16. The van der Waals surface area contributed by atoms with E-state index in [0.717, 1.165) is 38.5 Å². The molecule has 0 amide bonds. The predicted molar refractivity (Wildman–Crippen MR) is 139 cm³/mol. The van der Waals surface area contributed by atoms with Crippen LogP contribution in [0.3, 0.4) is 0 Å². The Hall–Kier alpha value is -0.280. The van der Waals surface area contributed by atoms with E-state index in [1.54, 1.807) is 0 Å². The molecular formula is C27H57NO6. The van der Waals surface area contributed by atoms with Crippen molar-refractivity contribution in [2.45, 2.75) is 66.7 Å². The number of rotatable bonds is 27. The molecule has 0 bridgehead atoms. The Balaban J connectivity index is 3.19. The second-order valence-corrected chi connectivity index (χ2v) is 9.80. The van der Waals surface area contributed by atoms with Crippen LogP contribution in [-0.4, -0.2) is 85.8 Å². The third kappa shape index (κ3) is 24.8. The maximum Gasteiger partial charge on any atom is 0.0701 e. The van der Waals surface area contributed by atoms with Gasteiger partial charge in [0.2, 0.25) is 0 Å². The van der Waals surface area contributed by atoms with E-state index >= 15 is 0 Å². The number of hydrogen-bond acceptors (Lipinski definition) is 7. The minimum atomic E-state index is 0.567. The van der Waals surface area contributed by atoms with E-state index in [1.807, 2.05) is 0 Å².